The summed E-state index contributed by atoms with van der Waals surface area (Å²) in [7, 11) is 0. The monoisotopic (exact) mass is 132 g/mol. The molecule has 5 rings (SSSR count). The minimum absolute atomic E-state index is 1.25. The Kier molecular flexibility index (Phi) is 0.352. The first-order valence-electron chi connectivity index (χ1n) is 4.97. The lowest BCUT2D eigenvalue weighted by Gasteiger charge is -2.76. The van der Waals surface area contributed by atoms with Gasteiger partial charge in [0.2, 0.25) is 0 Å². The lowest BCUT2D eigenvalue weighted by Crippen LogP contribution is -2.72. The molecular formula is C10H12. The molecule has 52 valence electrons. The Morgan fingerprint density at radius 3 is 1.90 bits per heavy atom. The Hall–Kier alpha value is 0. The molecule has 0 N–H and O–H groups in total. The highest BCUT2D eigenvalue weighted by Crippen LogP contribution is 2.89. The molecule has 5 fully saturated rings. The van der Waals surface area contributed by atoms with E-state index in [4.69, 9.17) is 0 Å². The van der Waals surface area contributed by atoms with Crippen LogP contribution >= 0.6 is 0 Å². The zero-order valence-corrected chi connectivity index (χ0v) is 6.03. The van der Waals surface area contributed by atoms with Gasteiger partial charge in [-0.1, -0.05) is 0 Å². The highest BCUT2D eigenvalue weighted by Gasteiger charge is 2.84. The van der Waals surface area contributed by atoms with Crippen molar-refractivity contribution in [3.05, 3.63) is 0 Å². The van der Waals surface area contributed by atoms with E-state index < -0.39 is 0 Å². The van der Waals surface area contributed by atoms with Gasteiger partial charge in [-0.15, -0.1) is 0 Å². The topological polar surface area (TPSA) is 0 Å². The Morgan fingerprint density at radius 2 is 1.30 bits per heavy atom. The van der Waals surface area contributed by atoms with E-state index in [0.717, 1.165) is 0 Å². The lowest BCUT2D eigenvalue weighted by atomic mass is 9.29. The maximum atomic E-state index is 1.67. The van der Waals surface area contributed by atoms with Gasteiger partial charge in [-0.3, -0.25) is 0 Å². The smallest absolute Gasteiger partial charge is 0.0312 e. The predicted octanol–water partition coefficient (Wildman–Crippen LogP) is 1.76. The third-order valence-electron chi connectivity index (χ3n) is 5.89. The van der Waals surface area contributed by atoms with Gasteiger partial charge in [0.15, 0.2) is 0 Å². The Bertz CT molecular complexity index is 206. The molecule has 0 nitrogen and oxygen atoms in total. The summed E-state index contributed by atoms with van der Waals surface area (Å²) in [6.45, 7) is 0. The third kappa shape index (κ3) is 0.170. The zero-order valence-electron chi connectivity index (χ0n) is 6.03. The molecule has 0 spiro atoms. The van der Waals surface area contributed by atoms with Gasteiger partial charge in [-0.05, 0) is 60.2 Å². The van der Waals surface area contributed by atoms with Crippen LogP contribution in [0.25, 0.3) is 0 Å². The summed E-state index contributed by atoms with van der Waals surface area (Å²) in [4.78, 5) is 0. The lowest BCUT2D eigenvalue weighted by molar-refractivity contribution is -0.288. The van der Waals surface area contributed by atoms with Crippen molar-refractivity contribution >= 4 is 0 Å². The highest BCUT2D eigenvalue weighted by atomic mass is 14.9. The summed E-state index contributed by atoms with van der Waals surface area (Å²) >= 11 is 0. The fourth-order valence-corrected chi connectivity index (χ4v) is 6.01. The van der Waals surface area contributed by atoms with Crippen LogP contribution in [-0.2, 0) is 0 Å². The fourth-order valence-electron chi connectivity index (χ4n) is 6.01. The van der Waals surface area contributed by atoms with Crippen LogP contribution in [0.4, 0.5) is 0 Å². The van der Waals surface area contributed by atoms with Crippen LogP contribution in [-0.4, -0.2) is 0 Å². The van der Waals surface area contributed by atoms with Crippen LogP contribution in [0, 0.1) is 47.3 Å². The van der Waals surface area contributed by atoms with E-state index in [2.05, 4.69) is 0 Å². The van der Waals surface area contributed by atoms with Gasteiger partial charge in [0.1, 0.15) is 0 Å². The molecule has 4 atom stereocenters. The van der Waals surface area contributed by atoms with Crippen molar-refractivity contribution in [1.82, 2.24) is 0 Å². The number of hydrogen-bond acceptors (Lipinski definition) is 0. The number of fused-ring (bicyclic) bond motifs is 2. The van der Waals surface area contributed by atoms with Crippen molar-refractivity contribution in [2.45, 2.75) is 12.8 Å². The van der Waals surface area contributed by atoms with E-state index in [1.807, 2.05) is 0 Å². The van der Waals surface area contributed by atoms with Crippen molar-refractivity contribution in [3.8, 4) is 0 Å². The normalized spacial score (nSPS) is 91.2. The van der Waals surface area contributed by atoms with Crippen molar-refractivity contribution in [2.24, 2.45) is 47.3 Å². The van der Waals surface area contributed by atoms with Crippen molar-refractivity contribution < 1.29 is 0 Å². The largest absolute Gasteiger partial charge is 0.0467 e. The van der Waals surface area contributed by atoms with Gasteiger partial charge in [-0.25, -0.2) is 0 Å². The molecular weight excluding hydrogens is 120 g/mol. The minimum Gasteiger partial charge on any atom is -0.0467 e. The van der Waals surface area contributed by atoms with E-state index in [1.54, 1.807) is 12.8 Å². The third-order valence-corrected chi connectivity index (χ3v) is 5.89. The molecule has 0 amide bonds. The first-order chi connectivity index (χ1) is 4.97. The molecule has 4 unspecified atom stereocenters. The molecule has 0 heterocycles. The molecule has 5 aliphatic rings. The first kappa shape index (κ1) is 4.13. The quantitative estimate of drug-likeness (QED) is 0.471. The molecule has 5 saturated carbocycles. The standard InChI is InChI=1S/C10H12/c1-3-2-5-7-4(1)8-6(3)9(5)10(7)8/h3-10H,1-2H2. The van der Waals surface area contributed by atoms with Crippen LogP contribution < -0.4 is 0 Å². The average Bonchev–Trinajstić information content (AvgIpc) is 2.16. The van der Waals surface area contributed by atoms with Gasteiger partial charge in [0.05, 0.1) is 0 Å². The van der Waals surface area contributed by atoms with Crippen molar-refractivity contribution in [3.63, 3.8) is 0 Å². The van der Waals surface area contributed by atoms with Crippen molar-refractivity contribution in [1.29, 1.82) is 0 Å². The van der Waals surface area contributed by atoms with Crippen LogP contribution in [0.15, 0.2) is 0 Å². The second-order valence-corrected chi connectivity index (χ2v) is 5.45. The minimum atomic E-state index is 1.25. The van der Waals surface area contributed by atoms with Gasteiger partial charge < -0.3 is 0 Å². The van der Waals surface area contributed by atoms with Crippen molar-refractivity contribution in [2.75, 3.05) is 0 Å². The second kappa shape index (κ2) is 0.852. The molecule has 0 aromatic carbocycles. The van der Waals surface area contributed by atoms with Crippen LogP contribution in [0.2, 0.25) is 0 Å². The average molecular weight is 132 g/mol. The molecule has 0 aromatic heterocycles. The molecule has 5 aliphatic carbocycles. The van der Waals surface area contributed by atoms with Crippen LogP contribution in [0.3, 0.4) is 0 Å². The van der Waals surface area contributed by atoms with E-state index in [0.29, 0.717) is 0 Å². The van der Waals surface area contributed by atoms with Gasteiger partial charge in [0.25, 0.3) is 0 Å². The highest BCUT2D eigenvalue weighted by molar-refractivity contribution is 5.31. The molecule has 0 bridgehead atoms. The Balaban J connectivity index is 1.89. The molecule has 10 heavy (non-hydrogen) atoms. The van der Waals surface area contributed by atoms with Gasteiger partial charge in [-0.2, -0.15) is 0 Å². The maximum Gasteiger partial charge on any atom is -0.0312 e. The summed E-state index contributed by atoms with van der Waals surface area (Å²) in [5, 5.41) is 0. The maximum absolute atomic E-state index is 1.67. The summed E-state index contributed by atoms with van der Waals surface area (Å²) in [6.07, 6.45) is 3.34. The van der Waals surface area contributed by atoms with E-state index in [9.17, 15) is 0 Å². The van der Waals surface area contributed by atoms with E-state index in [1.165, 1.54) is 47.3 Å². The molecule has 0 heteroatoms. The SMILES string of the molecule is C1C2CC3C4C1C1C2C3C41. The van der Waals surface area contributed by atoms with Gasteiger partial charge >= 0.3 is 0 Å². The zero-order chi connectivity index (χ0) is 6.03. The predicted molar refractivity (Wildman–Crippen MR) is 37.2 cm³/mol. The van der Waals surface area contributed by atoms with Crippen LogP contribution in [0.5, 0.6) is 0 Å². The van der Waals surface area contributed by atoms with Crippen LogP contribution in [0.1, 0.15) is 12.8 Å². The van der Waals surface area contributed by atoms with E-state index >= 15 is 0 Å². The molecule has 0 aromatic rings. The molecule has 0 aliphatic heterocycles. The molecule has 0 saturated heterocycles. The van der Waals surface area contributed by atoms with E-state index in [-0.39, 0.29) is 0 Å². The molecule has 0 radical (unpaired) electrons. The number of hydrogen-bond donors (Lipinski definition) is 0. The summed E-state index contributed by atoms with van der Waals surface area (Å²) in [5.74, 6) is 10.3. The summed E-state index contributed by atoms with van der Waals surface area (Å²) in [6, 6.07) is 0. The Labute approximate surface area is 61.0 Å². The summed E-state index contributed by atoms with van der Waals surface area (Å²) in [5.41, 5.74) is 0. The second-order valence-electron chi connectivity index (χ2n) is 5.45. The fraction of sp³-hybridized carbons (Fsp3) is 1.00. The summed E-state index contributed by atoms with van der Waals surface area (Å²) < 4.78 is 0. The number of rotatable bonds is 0. The van der Waals surface area contributed by atoms with Gasteiger partial charge in [0, 0.05) is 0 Å². The first-order valence-corrected chi connectivity index (χ1v) is 4.97. The Morgan fingerprint density at radius 1 is 0.600 bits per heavy atom.